The van der Waals surface area contributed by atoms with Gasteiger partial charge in [0.15, 0.2) is 6.61 Å². The Hall–Kier alpha value is -1.55. The number of amides is 1. The van der Waals surface area contributed by atoms with E-state index in [1.165, 1.54) is 0 Å². The van der Waals surface area contributed by atoms with Gasteiger partial charge < -0.3 is 15.2 Å². The lowest BCUT2D eigenvalue weighted by atomic mass is 9.87. The molecule has 106 valence electrons. The van der Waals surface area contributed by atoms with Crippen molar-refractivity contribution in [1.82, 2.24) is 5.32 Å². The molecule has 0 radical (unpaired) electrons. The predicted octanol–water partition coefficient (Wildman–Crippen LogP) is 1.90. The molecule has 4 heteroatoms. The number of carbonyl (C=O) groups is 1. The average molecular weight is 265 g/mol. The van der Waals surface area contributed by atoms with Crippen molar-refractivity contribution in [3.63, 3.8) is 0 Å². The van der Waals surface area contributed by atoms with Crippen molar-refractivity contribution in [1.29, 1.82) is 0 Å². The molecule has 0 bridgehead atoms. The number of aliphatic hydroxyl groups is 1. The first kappa shape index (κ1) is 15.5. The van der Waals surface area contributed by atoms with E-state index in [0.29, 0.717) is 5.75 Å². The molecule has 0 aliphatic rings. The molecule has 0 fully saturated rings. The lowest BCUT2D eigenvalue weighted by Crippen LogP contribution is -2.47. The number of carbonyl (C=O) groups excluding carboxylic acids is 1. The molecule has 0 heterocycles. The van der Waals surface area contributed by atoms with E-state index in [-0.39, 0.29) is 30.6 Å². The monoisotopic (exact) mass is 265 g/mol. The van der Waals surface area contributed by atoms with Gasteiger partial charge in [-0.2, -0.15) is 0 Å². The van der Waals surface area contributed by atoms with Crippen LogP contribution in [0, 0.1) is 12.3 Å². The summed E-state index contributed by atoms with van der Waals surface area (Å²) in [4.78, 5) is 11.8. The third-order valence-corrected chi connectivity index (χ3v) is 2.92. The Morgan fingerprint density at radius 2 is 2.11 bits per heavy atom. The minimum Gasteiger partial charge on any atom is -0.484 e. The first-order valence-corrected chi connectivity index (χ1v) is 6.42. The van der Waals surface area contributed by atoms with Crippen LogP contribution in [0.3, 0.4) is 0 Å². The van der Waals surface area contributed by atoms with Crippen LogP contribution in [0.25, 0.3) is 0 Å². The highest BCUT2D eigenvalue weighted by molar-refractivity contribution is 5.77. The SMILES string of the molecule is Cc1cccc(OCC(=O)N[C@H](CO)C(C)(C)C)c1. The zero-order valence-electron chi connectivity index (χ0n) is 12.1. The molecule has 0 aliphatic heterocycles. The number of nitrogens with one attached hydrogen (secondary N) is 1. The number of hydrogen-bond acceptors (Lipinski definition) is 3. The van der Waals surface area contributed by atoms with Crippen molar-refractivity contribution >= 4 is 5.91 Å². The first-order chi connectivity index (χ1) is 8.82. The molecular formula is C15H23NO3. The van der Waals surface area contributed by atoms with Crippen LogP contribution in [-0.4, -0.2) is 30.3 Å². The van der Waals surface area contributed by atoms with Crippen molar-refractivity contribution < 1.29 is 14.6 Å². The number of rotatable bonds is 5. The molecular weight excluding hydrogens is 242 g/mol. The number of benzene rings is 1. The summed E-state index contributed by atoms with van der Waals surface area (Å²) < 4.78 is 5.41. The maximum Gasteiger partial charge on any atom is 0.258 e. The predicted molar refractivity (Wildman–Crippen MR) is 75.1 cm³/mol. The summed E-state index contributed by atoms with van der Waals surface area (Å²) in [5, 5.41) is 12.1. The second-order valence-electron chi connectivity index (χ2n) is 5.77. The van der Waals surface area contributed by atoms with Crippen LogP contribution in [0.1, 0.15) is 26.3 Å². The quantitative estimate of drug-likeness (QED) is 0.855. The Labute approximate surface area is 114 Å². The van der Waals surface area contributed by atoms with E-state index in [2.05, 4.69) is 5.32 Å². The Morgan fingerprint density at radius 3 is 2.63 bits per heavy atom. The van der Waals surface area contributed by atoms with E-state index in [0.717, 1.165) is 5.56 Å². The molecule has 0 aromatic heterocycles. The largest absolute Gasteiger partial charge is 0.484 e. The Morgan fingerprint density at radius 1 is 1.42 bits per heavy atom. The van der Waals surface area contributed by atoms with Crippen LogP contribution in [0.5, 0.6) is 5.75 Å². The van der Waals surface area contributed by atoms with E-state index in [1.807, 2.05) is 52.0 Å². The molecule has 0 unspecified atom stereocenters. The van der Waals surface area contributed by atoms with E-state index in [4.69, 9.17) is 4.74 Å². The topological polar surface area (TPSA) is 58.6 Å². The van der Waals surface area contributed by atoms with Gasteiger partial charge in [0.1, 0.15) is 5.75 Å². The number of ether oxygens (including phenoxy) is 1. The van der Waals surface area contributed by atoms with Crippen LogP contribution in [0.4, 0.5) is 0 Å². The molecule has 1 amide bonds. The first-order valence-electron chi connectivity index (χ1n) is 6.42. The normalized spacial score (nSPS) is 12.9. The van der Waals surface area contributed by atoms with E-state index >= 15 is 0 Å². The summed E-state index contributed by atoms with van der Waals surface area (Å²) in [6, 6.07) is 7.26. The molecule has 1 atom stereocenters. The average Bonchev–Trinajstić information content (AvgIpc) is 2.32. The van der Waals surface area contributed by atoms with Gasteiger partial charge in [0, 0.05) is 0 Å². The van der Waals surface area contributed by atoms with E-state index < -0.39 is 0 Å². The van der Waals surface area contributed by atoms with Gasteiger partial charge in [0.25, 0.3) is 5.91 Å². The summed E-state index contributed by atoms with van der Waals surface area (Å²) in [6.45, 7) is 7.74. The number of hydrogen-bond donors (Lipinski definition) is 2. The summed E-state index contributed by atoms with van der Waals surface area (Å²) in [6.07, 6.45) is 0. The molecule has 1 rings (SSSR count). The third kappa shape index (κ3) is 5.30. The molecule has 2 N–H and O–H groups in total. The molecule has 1 aromatic carbocycles. The van der Waals surface area contributed by atoms with Crippen LogP contribution in [0.2, 0.25) is 0 Å². The van der Waals surface area contributed by atoms with Crippen LogP contribution in [0.15, 0.2) is 24.3 Å². The lowest BCUT2D eigenvalue weighted by molar-refractivity contribution is -0.125. The van der Waals surface area contributed by atoms with Gasteiger partial charge in [0.2, 0.25) is 0 Å². The van der Waals surface area contributed by atoms with Gasteiger partial charge in [-0.25, -0.2) is 0 Å². The van der Waals surface area contributed by atoms with Crippen LogP contribution in [-0.2, 0) is 4.79 Å². The van der Waals surface area contributed by atoms with Crippen molar-refractivity contribution in [3.05, 3.63) is 29.8 Å². The van der Waals surface area contributed by atoms with Gasteiger partial charge >= 0.3 is 0 Å². The second kappa shape index (κ2) is 6.57. The number of aryl methyl sites for hydroxylation is 1. The lowest BCUT2D eigenvalue weighted by Gasteiger charge is -2.29. The Bertz CT molecular complexity index is 424. The van der Waals surface area contributed by atoms with Crippen molar-refractivity contribution in [2.45, 2.75) is 33.7 Å². The summed E-state index contributed by atoms with van der Waals surface area (Å²) in [5.41, 5.74) is 0.897. The number of aliphatic hydroxyl groups excluding tert-OH is 1. The molecule has 1 aromatic rings. The van der Waals surface area contributed by atoms with Crippen LogP contribution >= 0.6 is 0 Å². The molecule has 19 heavy (non-hydrogen) atoms. The fourth-order valence-corrected chi connectivity index (χ4v) is 1.63. The summed E-state index contributed by atoms with van der Waals surface area (Å²) in [7, 11) is 0. The minimum atomic E-state index is -0.277. The fraction of sp³-hybridized carbons (Fsp3) is 0.533. The molecule has 4 nitrogen and oxygen atoms in total. The maximum absolute atomic E-state index is 11.8. The molecule has 0 saturated heterocycles. The molecule has 0 saturated carbocycles. The van der Waals surface area contributed by atoms with Gasteiger partial charge in [-0.1, -0.05) is 32.9 Å². The highest BCUT2D eigenvalue weighted by Crippen LogP contribution is 2.18. The van der Waals surface area contributed by atoms with Crippen molar-refractivity contribution in [2.75, 3.05) is 13.2 Å². The third-order valence-electron chi connectivity index (χ3n) is 2.92. The van der Waals surface area contributed by atoms with Crippen molar-refractivity contribution in [3.8, 4) is 5.75 Å². The highest BCUT2D eigenvalue weighted by atomic mass is 16.5. The molecule has 0 spiro atoms. The maximum atomic E-state index is 11.8. The minimum absolute atomic E-state index is 0.0456. The van der Waals surface area contributed by atoms with Gasteiger partial charge in [-0.05, 0) is 30.0 Å². The van der Waals surface area contributed by atoms with Crippen molar-refractivity contribution in [2.24, 2.45) is 5.41 Å². The summed E-state index contributed by atoms with van der Waals surface area (Å²) >= 11 is 0. The molecule has 0 aliphatic carbocycles. The fourth-order valence-electron chi connectivity index (χ4n) is 1.63. The zero-order valence-corrected chi connectivity index (χ0v) is 12.1. The van der Waals surface area contributed by atoms with Crippen LogP contribution < -0.4 is 10.1 Å². The Kier molecular flexibility index (Phi) is 5.36. The zero-order chi connectivity index (χ0) is 14.5. The van der Waals surface area contributed by atoms with E-state index in [1.54, 1.807) is 0 Å². The Balaban J connectivity index is 2.48. The van der Waals surface area contributed by atoms with Gasteiger partial charge in [0.05, 0.1) is 12.6 Å². The standard InChI is InChI=1S/C15H23NO3/c1-11-6-5-7-12(8-11)19-10-14(18)16-13(9-17)15(2,3)4/h5-8,13,17H,9-10H2,1-4H3,(H,16,18)/t13-/m1/s1. The van der Waals surface area contributed by atoms with E-state index in [9.17, 15) is 9.90 Å². The smallest absolute Gasteiger partial charge is 0.258 e. The second-order valence-corrected chi connectivity index (χ2v) is 5.77. The highest BCUT2D eigenvalue weighted by Gasteiger charge is 2.25. The van der Waals surface area contributed by atoms with Gasteiger partial charge in [-0.15, -0.1) is 0 Å². The summed E-state index contributed by atoms with van der Waals surface area (Å²) in [5.74, 6) is 0.446. The van der Waals surface area contributed by atoms with Gasteiger partial charge in [-0.3, -0.25) is 4.79 Å².